The molecule has 0 aliphatic carbocycles. The molecule has 0 N–H and O–H groups in total. The monoisotopic (exact) mass is 493 g/mol. The van der Waals surface area contributed by atoms with Crippen LogP contribution >= 0.6 is 39.9 Å². The Morgan fingerprint density at radius 1 is 1.10 bits per heavy atom. The smallest absolute Gasteiger partial charge is 0.266 e. The molecule has 0 radical (unpaired) electrons. The summed E-state index contributed by atoms with van der Waals surface area (Å²) in [7, 11) is 1.61. The lowest BCUT2D eigenvalue weighted by Crippen LogP contribution is -2.27. The Kier molecular flexibility index (Phi) is 7.57. The molecule has 1 heterocycles. The van der Waals surface area contributed by atoms with Crippen LogP contribution in [0.3, 0.4) is 0 Å². The number of methoxy groups -OCH3 is 1. The highest BCUT2D eigenvalue weighted by molar-refractivity contribution is 9.10. The third kappa shape index (κ3) is 5.32. The average Bonchev–Trinajstić information content (AvgIpc) is 2.99. The van der Waals surface area contributed by atoms with Gasteiger partial charge in [0.15, 0.2) is 11.5 Å². The molecular formula is C21H20BrNO4S2. The maximum atomic E-state index is 12.5. The molecule has 0 aromatic heterocycles. The molecule has 1 amide bonds. The van der Waals surface area contributed by atoms with E-state index in [2.05, 4.69) is 15.9 Å². The zero-order valence-corrected chi connectivity index (χ0v) is 19.2. The van der Waals surface area contributed by atoms with Crippen molar-refractivity contribution in [1.29, 1.82) is 0 Å². The zero-order chi connectivity index (χ0) is 20.8. The molecule has 5 nitrogen and oxygen atoms in total. The predicted molar refractivity (Wildman–Crippen MR) is 124 cm³/mol. The number of carbonyl (C=O) groups is 1. The molecule has 29 heavy (non-hydrogen) atoms. The number of benzene rings is 2. The molecule has 8 heteroatoms. The van der Waals surface area contributed by atoms with Crippen molar-refractivity contribution >= 4 is 56.2 Å². The van der Waals surface area contributed by atoms with Crippen LogP contribution in [0, 0.1) is 0 Å². The zero-order valence-electron chi connectivity index (χ0n) is 16.0. The minimum Gasteiger partial charge on any atom is -0.493 e. The molecule has 1 aliphatic rings. The van der Waals surface area contributed by atoms with Gasteiger partial charge in [-0.1, -0.05) is 52.0 Å². The Hall–Kier alpha value is -2.03. The second-order valence-electron chi connectivity index (χ2n) is 5.96. The van der Waals surface area contributed by atoms with E-state index in [0.29, 0.717) is 46.2 Å². The summed E-state index contributed by atoms with van der Waals surface area (Å²) in [6.07, 6.45) is 1.82. The number of nitrogens with zero attached hydrogens (tertiary/aromatic N) is 1. The Morgan fingerprint density at radius 2 is 1.79 bits per heavy atom. The summed E-state index contributed by atoms with van der Waals surface area (Å²) in [6.45, 7) is 3.16. The molecule has 0 spiro atoms. The van der Waals surface area contributed by atoms with Crippen molar-refractivity contribution in [2.45, 2.75) is 6.92 Å². The molecule has 2 aromatic carbocycles. The summed E-state index contributed by atoms with van der Waals surface area (Å²) in [4.78, 5) is 14.7. The van der Waals surface area contributed by atoms with E-state index in [-0.39, 0.29) is 5.91 Å². The molecule has 0 saturated carbocycles. The van der Waals surface area contributed by atoms with E-state index in [4.69, 9.17) is 26.4 Å². The molecule has 1 fully saturated rings. The van der Waals surface area contributed by atoms with Crippen molar-refractivity contribution in [3.8, 4) is 17.2 Å². The van der Waals surface area contributed by atoms with Crippen LogP contribution in [0.4, 0.5) is 0 Å². The number of likely N-dealkylation sites (N-methyl/N-ethyl adjacent to an activating group) is 1. The first kappa shape index (κ1) is 21.7. The van der Waals surface area contributed by atoms with E-state index in [1.165, 1.54) is 11.8 Å². The summed E-state index contributed by atoms with van der Waals surface area (Å²) in [5.74, 6) is 1.93. The molecule has 0 atom stereocenters. The Labute approximate surface area is 188 Å². The lowest BCUT2D eigenvalue weighted by Gasteiger charge is -2.13. The number of thioether (sulfide) groups is 1. The van der Waals surface area contributed by atoms with Gasteiger partial charge in [0.25, 0.3) is 5.91 Å². The van der Waals surface area contributed by atoms with Gasteiger partial charge < -0.3 is 14.2 Å². The molecule has 0 bridgehead atoms. The average molecular weight is 494 g/mol. The molecule has 2 aromatic rings. The van der Waals surface area contributed by atoms with Gasteiger partial charge in [0, 0.05) is 16.6 Å². The standard InChI is InChI=1S/C21H20BrNO4S2/c1-3-23-20(24)19(29-21(23)28)13-14-12-15(22)8-9-16(14)26-10-11-27-18-7-5-4-6-17(18)25-2/h4-9,12-13H,3,10-11H2,1-2H3/b19-13-. The normalized spacial score (nSPS) is 15.1. The van der Waals surface area contributed by atoms with Crippen LogP contribution in [-0.4, -0.2) is 42.0 Å². The van der Waals surface area contributed by atoms with E-state index < -0.39 is 0 Å². The second-order valence-corrected chi connectivity index (χ2v) is 8.55. The number of rotatable bonds is 8. The van der Waals surface area contributed by atoms with Crippen molar-refractivity contribution in [3.05, 3.63) is 57.4 Å². The Morgan fingerprint density at radius 3 is 2.45 bits per heavy atom. The second kappa shape index (κ2) is 10.1. The molecule has 0 unspecified atom stereocenters. The van der Waals surface area contributed by atoms with Crippen molar-refractivity contribution in [2.24, 2.45) is 0 Å². The first-order chi connectivity index (χ1) is 14.0. The van der Waals surface area contributed by atoms with Crippen LogP contribution in [0.2, 0.25) is 0 Å². The quantitative estimate of drug-likeness (QED) is 0.288. The minimum absolute atomic E-state index is 0.0760. The van der Waals surface area contributed by atoms with Crippen LogP contribution in [0.15, 0.2) is 51.8 Å². The summed E-state index contributed by atoms with van der Waals surface area (Å²) < 4.78 is 18.4. The lowest BCUT2D eigenvalue weighted by atomic mass is 10.2. The highest BCUT2D eigenvalue weighted by Crippen LogP contribution is 2.35. The molecule has 1 saturated heterocycles. The molecule has 3 rings (SSSR count). The fourth-order valence-corrected chi connectivity index (χ4v) is 4.47. The van der Waals surface area contributed by atoms with Crippen LogP contribution in [0.5, 0.6) is 17.2 Å². The first-order valence-electron chi connectivity index (χ1n) is 8.97. The van der Waals surface area contributed by atoms with Gasteiger partial charge >= 0.3 is 0 Å². The van der Waals surface area contributed by atoms with Gasteiger partial charge in [-0.15, -0.1) is 0 Å². The number of ether oxygens (including phenoxy) is 3. The van der Waals surface area contributed by atoms with Crippen LogP contribution in [0.1, 0.15) is 12.5 Å². The van der Waals surface area contributed by atoms with Crippen molar-refractivity contribution in [1.82, 2.24) is 4.90 Å². The third-order valence-corrected chi connectivity index (χ3v) is 5.99. The van der Waals surface area contributed by atoms with Gasteiger partial charge in [-0.2, -0.15) is 0 Å². The van der Waals surface area contributed by atoms with Crippen molar-refractivity contribution in [2.75, 3.05) is 26.9 Å². The fourth-order valence-electron chi connectivity index (χ4n) is 2.72. The summed E-state index contributed by atoms with van der Waals surface area (Å²) in [5, 5.41) is 0. The van der Waals surface area contributed by atoms with E-state index in [1.54, 1.807) is 12.0 Å². The minimum atomic E-state index is -0.0760. The third-order valence-electron chi connectivity index (χ3n) is 4.12. The van der Waals surface area contributed by atoms with E-state index in [1.807, 2.05) is 55.5 Å². The topological polar surface area (TPSA) is 48.0 Å². The predicted octanol–water partition coefficient (Wildman–Crippen LogP) is 5.14. The first-order valence-corrected chi connectivity index (χ1v) is 11.0. The number of amides is 1. The van der Waals surface area contributed by atoms with Gasteiger partial charge in [-0.25, -0.2) is 0 Å². The number of halogens is 1. The number of para-hydroxylation sites is 2. The van der Waals surface area contributed by atoms with Gasteiger partial charge in [0.2, 0.25) is 0 Å². The van der Waals surface area contributed by atoms with Gasteiger partial charge in [-0.3, -0.25) is 9.69 Å². The van der Waals surface area contributed by atoms with E-state index >= 15 is 0 Å². The van der Waals surface area contributed by atoms with Gasteiger partial charge in [0.1, 0.15) is 23.3 Å². The lowest BCUT2D eigenvalue weighted by molar-refractivity contribution is -0.121. The molecular weight excluding hydrogens is 474 g/mol. The number of hydrogen-bond acceptors (Lipinski definition) is 6. The van der Waals surface area contributed by atoms with Gasteiger partial charge in [0.05, 0.1) is 12.0 Å². The Balaban J connectivity index is 1.69. The maximum Gasteiger partial charge on any atom is 0.266 e. The van der Waals surface area contributed by atoms with Crippen molar-refractivity contribution in [3.63, 3.8) is 0 Å². The summed E-state index contributed by atoms with van der Waals surface area (Å²) >= 11 is 10.1. The number of thiocarbonyl (C=S) groups is 1. The van der Waals surface area contributed by atoms with Crippen LogP contribution in [-0.2, 0) is 4.79 Å². The highest BCUT2D eigenvalue weighted by Gasteiger charge is 2.30. The largest absolute Gasteiger partial charge is 0.493 e. The molecule has 152 valence electrons. The summed E-state index contributed by atoms with van der Waals surface area (Å²) in [5.41, 5.74) is 0.799. The highest BCUT2D eigenvalue weighted by atomic mass is 79.9. The molecule has 1 aliphatic heterocycles. The Bertz CT molecular complexity index is 948. The van der Waals surface area contributed by atoms with Gasteiger partial charge in [-0.05, 0) is 43.3 Å². The maximum absolute atomic E-state index is 12.5. The summed E-state index contributed by atoms with van der Waals surface area (Å²) in [6, 6.07) is 13.1. The van der Waals surface area contributed by atoms with E-state index in [0.717, 1.165) is 10.0 Å². The SMILES string of the molecule is CCN1C(=O)/C(=C/c2cc(Br)ccc2OCCOc2ccccc2OC)SC1=S. The van der Waals surface area contributed by atoms with Crippen molar-refractivity contribution < 1.29 is 19.0 Å². The van der Waals surface area contributed by atoms with Crippen LogP contribution in [0.25, 0.3) is 6.08 Å². The fraction of sp³-hybridized carbons (Fsp3) is 0.238. The number of hydrogen-bond donors (Lipinski definition) is 0. The van der Waals surface area contributed by atoms with E-state index in [9.17, 15) is 4.79 Å². The van der Waals surface area contributed by atoms with Crippen LogP contribution < -0.4 is 14.2 Å². The number of carbonyl (C=O) groups excluding carboxylic acids is 1.